The van der Waals surface area contributed by atoms with Crippen LogP contribution >= 0.6 is 0 Å². The first kappa shape index (κ1) is 20.3. The largest absolute Gasteiger partial charge is 0.466 e. The van der Waals surface area contributed by atoms with Crippen molar-refractivity contribution in [3.8, 4) is 0 Å². The third-order valence-corrected chi connectivity index (χ3v) is 3.93. The predicted molar refractivity (Wildman–Crippen MR) is 100 cm³/mol. The molecule has 0 fully saturated rings. The summed E-state index contributed by atoms with van der Waals surface area (Å²) < 4.78 is 4.76. The smallest absolute Gasteiger partial charge is 0.306 e. The molecule has 27 heavy (non-hydrogen) atoms. The number of ether oxygens (including phenoxy) is 1. The number of aryl methyl sites for hydroxylation is 2. The first-order valence-corrected chi connectivity index (χ1v) is 8.86. The summed E-state index contributed by atoms with van der Waals surface area (Å²) in [5.41, 5.74) is 3.57. The molecule has 1 aromatic heterocycles. The summed E-state index contributed by atoms with van der Waals surface area (Å²) in [6, 6.07) is 5.15. The summed E-state index contributed by atoms with van der Waals surface area (Å²) in [5.74, 6) is -0.910. The Balaban J connectivity index is 1.79. The number of benzene rings is 1. The Hall–Kier alpha value is -3.03. The van der Waals surface area contributed by atoms with Gasteiger partial charge in [-0.05, 0) is 39.0 Å². The molecule has 1 heterocycles. The minimum atomic E-state index is -0.397. The molecule has 1 aromatic carbocycles. The van der Waals surface area contributed by atoms with Gasteiger partial charge in [0.2, 0.25) is 5.91 Å². The van der Waals surface area contributed by atoms with E-state index >= 15 is 0 Å². The van der Waals surface area contributed by atoms with Crippen LogP contribution in [0.2, 0.25) is 0 Å². The van der Waals surface area contributed by atoms with Gasteiger partial charge in [0, 0.05) is 25.1 Å². The zero-order valence-corrected chi connectivity index (χ0v) is 15.8. The Morgan fingerprint density at radius 3 is 2.33 bits per heavy atom. The molecule has 0 spiro atoms. The Bertz CT molecular complexity index is 851. The van der Waals surface area contributed by atoms with Crippen molar-refractivity contribution in [1.82, 2.24) is 20.6 Å². The molecule has 0 saturated heterocycles. The fourth-order valence-corrected chi connectivity index (χ4v) is 2.39. The lowest BCUT2D eigenvalue weighted by Gasteiger charge is -2.08. The van der Waals surface area contributed by atoms with E-state index in [1.54, 1.807) is 25.1 Å². The highest BCUT2D eigenvalue weighted by Crippen LogP contribution is 2.14. The first-order valence-electron chi connectivity index (χ1n) is 8.86. The number of hydrogen-bond acceptors (Lipinski definition) is 6. The van der Waals surface area contributed by atoms with E-state index in [1.807, 2.05) is 13.8 Å². The quantitative estimate of drug-likeness (QED) is 0.536. The summed E-state index contributed by atoms with van der Waals surface area (Å²) >= 11 is 0. The molecule has 8 heteroatoms. The van der Waals surface area contributed by atoms with Crippen molar-refractivity contribution >= 4 is 28.8 Å². The van der Waals surface area contributed by atoms with E-state index in [4.69, 9.17) is 4.74 Å². The van der Waals surface area contributed by atoms with Crippen LogP contribution in [0.15, 0.2) is 18.2 Å². The minimum Gasteiger partial charge on any atom is -0.466 e. The van der Waals surface area contributed by atoms with Gasteiger partial charge in [0.25, 0.3) is 5.91 Å². The molecular formula is C19H24N4O4. The van der Waals surface area contributed by atoms with E-state index in [0.717, 1.165) is 16.9 Å². The second-order valence-corrected chi connectivity index (χ2v) is 6.01. The van der Waals surface area contributed by atoms with Gasteiger partial charge in [0.1, 0.15) is 0 Å². The van der Waals surface area contributed by atoms with Gasteiger partial charge >= 0.3 is 5.97 Å². The highest BCUT2D eigenvalue weighted by molar-refractivity contribution is 5.97. The molecule has 0 aliphatic heterocycles. The summed E-state index contributed by atoms with van der Waals surface area (Å²) in [6.45, 7) is 6.33. The fourth-order valence-electron chi connectivity index (χ4n) is 2.39. The van der Waals surface area contributed by atoms with Crippen LogP contribution < -0.4 is 10.6 Å². The number of amides is 2. The van der Waals surface area contributed by atoms with Crippen LogP contribution in [0, 0.1) is 13.8 Å². The first-order chi connectivity index (χ1) is 12.9. The Morgan fingerprint density at radius 1 is 0.963 bits per heavy atom. The molecule has 144 valence electrons. The minimum absolute atomic E-state index is 0.0447. The van der Waals surface area contributed by atoms with Crippen molar-refractivity contribution in [3.63, 3.8) is 0 Å². The Labute approximate surface area is 157 Å². The van der Waals surface area contributed by atoms with Crippen LogP contribution in [0.5, 0.6) is 0 Å². The monoisotopic (exact) mass is 372 g/mol. The number of aromatic nitrogens is 2. The Kier molecular flexibility index (Phi) is 7.22. The van der Waals surface area contributed by atoms with Crippen LogP contribution in [0.25, 0.3) is 11.0 Å². The van der Waals surface area contributed by atoms with Gasteiger partial charge in [-0.3, -0.25) is 14.4 Å². The molecule has 2 rings (SSSR count). The SMILES string of the molecule is CCOC(=O)CCC(=O)NCCNC(=O)c1ccc2nc(C)c(C)nc2c1. The number of carbonyl (C=O) groups excluding carboxylic acids is 3. The molecule has 0 aliphatic carbocycles. The summed E-state index contributed by atoms with van der Waals surface area (Å²) in [4.78, 5) is 43.9. The number of nitrogens with zero attached hydrogens (tertiary/aromatic N) is 2. The van der Waals surface area contributed by atoms with E-state index in [2.05, 4.69) is 20.6 Å². The Morgan fingerprint density at radius 2 is 1.63 bits per heavy atom. The predicted octanol–water partition coefficient (Wildman–Crippen LogP) is 1.44. The number of carbonyl (C=O) groups is 3. The second-order valence-electron chi connectivity index (χ2n) is 6.01. The van der Waals surface area contributed by atoms with E-state index in [-0.39, 0.29) is 37.7 Å². The van der Waals surface area contributed by atoms with E-state index in [1.165, 1.54) is 0 Å². The summed E-state index contributed by atoms with van der Waals surface area (Å²) in [6.07, 6.45) is 0.109. The van der Waals surface area contributed by atoms with Crippen molar-refractivity contribution in [2.24, 2.45) is 0 Å². The van der Waals surface area contributed by atoms with Crippen LogP contribution in [0.3, 0.4) is 0 Å². The lowest BCUT2D eigenvalue weighted by Crippen LogP contribution is -2.34. The molecule has 0 radical (unpaired) electrons. The molecule has 0 aliphatic rings. The molecule has 8 nitrogen and oxygen atoms in total. The third-order valence-electron chi connectivity index (χ3n) is 3.93. The topological polar surface area (TPSA) is 110 Å². The number of rotatable bonds is 8. The lowest BCUT2D eigenvalue weighted by molar-refractivity contribution is -0.144. The maximum atomic E-state index is 12.2. The van der Waals surface area contributed by atoms with Crippen LogP contribution in [-0.4, -0.2) is 47.4 Å². The number of hydrogen-bond donors (Lipinski definition) is 2. The number of fused-ring (bicyclic) bond motifs is 1. The van der Waals surface area contributed by atoms with Crippen molar-refractivity contribution in [2.75, 3.05) is 19.7 Å². The van der Waals surface area contributed by atoms with E-state index in [0.29, 0.717) is 17.7 Å². The highest BCUT2D eigenvalue weighted by atomic mass is 16.5. The van der Waals surface area contributed by atoms with Gasteiger partial charge in [-0.25, -0.2) is 9.97 Å². The van der Waals surface area contributed by atoms with Gasteiger partial charge in [0.15, 0.2) is 0 Å². The standard InChI is InChI=1S/C19H24N4O4/c1-4-27-18(25)8-7-17(24)20-9-10-21-19(26)14-5-6-15-16(11-14)23-13(3)12(2)22-15/h5-6,11H,4,7-10H2,1-3H3,(H,20,24)(H,21,26). The molecule has 2 amide bonds. The van der Waals surface area contributed by atoms with Crippen LogP contribution in [-0.2, 0) is 14.3 Å². The average molecular weight is 372 g/mol. The normalized spacial score (nSPS) is 10.5. The van der Waals surface area contributed by atoms with Crippen molar-refractivity contribution < 1.29 is 19.1 Å². The molecule has 0 unspecified atom stereocenters. The molecule has 0 atom stereocenters. The van der Waals surface area contributed by atoms with Crippen LogP contribution in [0.1, 0.15) is 41.5 Å². The van der Waals surface area contributed by atoms with Crippen molar-refractivity contribution in [2.45, 2.75) is 33.6 Å². The third kappa shape index (κ3) is 6.02. The number of esters is 1. The molecule has 0 bridgehead atoms. The van der Waals surface area contributed by atoms with Gasteiger partial charge < -0.3 is 15.4 Å². The van der Waals surface area contributed by atoms with E-state index in [9.17, 15) is 14.4 Å². The van der Waals surface area contributed by atoms with Gasteiger partial charge in [-0.2, -0.15) is 0 Å². The summed E-state index contributed by atoms with van der Waals surface area (Å²) in [5, 5.41) is 5.38. The maximum Gasteiger partial charge on any atom is 0.306 e. The molecule has 0 saturated carbocycles. The fraction of sp³-hybridized carbons (Fsp3) is 0.421. The highest BCUT2D eigenvalue weighted by Gasteiger charge is 2.10. The summed E-state index contributed by atoms with van der Waals surface area (Å²) in [7, 11) is 0. The second kappa shape index (κ2) is 9.61. The maximum absolute atomic E-state index is 12.2. The van der Waals surface area contributed by atoms with Gasteiger partial charge in [-0.1, -0.05) is 0 Å². The zero-order chi connectivity index (χ0) is 19.8. The zero-order valence-electron chi connectivity index (χ0n) is 15.8. The van der Waals surface area contributed by atoms with Crippen molar-refractivity contribution in [3.05, 3.63) is 35.2 Å². The van der Waals surface area contributed by atoms with Crippen molar-refractivity contribution in [1.29, 1.82) is 0 Å². The lowest BCUT2D eigenvalue weighted by atomic mass is 10.1. The average Bonchev–Trinajstić information content (AvgIpc) is 2.64. The molecular weight excluding hydrogens is 348 g/mol. The van der Waals surface area contributed by atoms with E-state index < -0.39 is 5.97 Å². The number of nitrogens with one attached hydrogen (secondary N) is 2. The van der Waals surface area contributed by atoms with Crippen LogP contribution in [0.4, 0.5) is 0 Å². The molecule has 2 N–H and O–H groups in total. The van der Waals surface area contributed by atoms with Gasteiger partial charge in [-0.15, -0.1) is 0 Å². The van der Waals surface area contributed by atoms with Gasteiger partial charge in [0.05, 0.1) is 35.4 Å². The molecule has 2 aromatic rings.